The van der Waals surface area contributed by atoms with Crippen molar-refractivity contribution in [1.29, 1.82) is 0 Å². The lowest BCUT2D eigenvalue weighted by Crippen LogP contribution is -2.40. The molecule has 0 aliphatic heterocycles. The second kappa shape index (κ2) is 7.73. The van der Waals surface area contributed by atoms with E-state index in [1.54, 1.807) is 31.2 Å². The Morgan fingerprint density at radius 3 is 2.57 bits per heavy atom. The highest BCUT2D eigenvalue weighted by Crippen LogP contribution is 2.17. The molecule has 1 rings (SSSR count). The maximum atomic E-state index is 11.9. The molecule has 0 aromatic heterocycles. The van der Waals surface area contributed by atoms with Crippen LogP contribution in [0.1, 0.15) is 12.5 Å². The molecule has 1 aromatic carbocycles. The fourth-order valence-corrected chi connectivity index (χ4v) is 1.65. The molecule has 0 unspecified atom stereocenters. The molecule has 0 atom stereocenters. The lowest BCUT2D eigenvalue weighted by molar-refractivity contribution is -0.136. The van der Waals surface area contributed by atoms with Gasteiger partial charge in [-0.15, -0.1) is 0 Å². The third-order valence-corrected chi connectivity index (χ3v) is 2.70. The standard InChI is InChI=1S/C13H18N4O4/c1-2-17(7-11(14)18)12(19)8-21-10-6-4-3-5-9(10)13(15)16-20/h3-6,20H,2,7-8H2,1H3,(H2,14,18)(H2,15,16). The van der Waals surface area contributed by atoms with E-state index in [1.165, 1.54) is 4.90 Å². The molecular formula is C13H18N4O4. The Labute approximate surface area is 122 Å². The van der Waals surface area contributed by atoms with E-state index in [-0.39, 0.29) is 24.9 Å². The number of benzene rings is 1. The highest BCUT2D eigenvalue weighted by Gasteiger charge is 2.16. The Morgan fingerprint density at radius 1 is 1.33 bits per heavy atom. The number of amides is 2. The molecule has 8 heteroatoms. The van der Waals surface area contributed by atoms with Crippen LogP contribution in [-0.4, -0.2) is 47.5 Å². The Kier molecular flexibility index (Phi) is 5.99. The van der Waals surface area contributed by atoms with E-state index >= 15 is 0 Å². The van der Waals surface area contributed by atoms with Gasteiger partial charge < -0.3 is 26.3 Å². The van der Waals surface area contributed by atoms with Gasteiger partial charge in [-0.3, -0.25) is 9.59 Å². The van der Waals surface area contributed by atoms with Gasteiger partial charge in [0.25, 0.3) is 5.91 Å². The van der Waals surface area contributed by atoms with Gasteiger partial charge in [0.1, 0.15) is 5.75 Å². The number of ether oxygens (including phenoxy) is 1. The molecule has 0 fully saturated rings. The first-order chi connectivity index (χ1) is 9.99. The summed E-state index contributed by atoms with van der Waals surface area (Å²) in [6.45, 7) is 1.62. The van der Waals surface area contributed by atoms with Crippen molar-refractivity contribution in [2.24, 2.45) is 16.6 Å². The van der Waals surface area contributed by atoms with E-state index in [4.69, 9.17) is 21.4 Å². The summed E-state index contributed by atoms with van der Waals surface area (Å²) in [5.41, 5.74) is 10.9. The topological polar surface area (TPSA) is 131 Å². The van der Waals surface area contributed by atoms with E-state index in [2.05, 4.69) is 5.16 Å². The minimum absolute atomic E-state index is 0.123. The molecule has 0 heterocycles. The summed E-state index contributed by atoms with van der Waals surface area (Å²) in [6, 6.07) is 6.56. The molecule has 21 heavy (non-hydrogen) atoms. The zero-order valence-electron chi connectivity index (χ0n) is 11.7. The molecule has 0 aliphatic carbocycles. The summed E-state index contributed by atoms with van der Waals surface area (Å²) in [4.78, 5) is 24.0. The highest BCUT2D eigenvalue weighted by atomic mass is 16.5. The molecule has 0 saturated carbocycles. The van der Waals surface area contributed by atoms with E-state index in [9.17, 15) is 9.59 Å². The van der Waals surface area contributed by atoms with Crippen molar-refractivity contribution in [3.8, 4) is 5.75 Å². The molecule has 5 N–H and O–H groups in total. The average Bonchev–Trinajstić information content (AvgIpc) is 2.49. The number of likely N-dealkylation sites (N-methyl/N-ethyl adjacent to an activating group) is 1. The second-order valence-corrected chi connectivity index (χ2v) is 4.14. The number of carbonyl (C=O) groups is 2. The monoisotopic (exact) mass is 294 g/mol. The number of oxime groups is 1. The number of hydrogen-bond acceptors (Lipinski definition) is 5. The lowest BCUT2D eigenvalue weighted by atomic mass is 10.2. The van der Waals surface area contributed by atoms with Gasteiger partial charge in [-0.25, -0.2) is 0 Å². The van der Waals surface area contributed by atoms with Gasteiger partial charge in [-0.1, -0.05) is 17.3 Å². The van der Waals surface area contributed by atoms with Gasteiger partial charge in [-0.2, -0.15) is 0 Å². The fraction of sp³-hybridized carbons (Fsp3) is 0.308. The van der Waals surface area contributed by atoms with Gasteiger partial charge in [0, 0.05) is 6.54 Å². The third kappa shape index (κ3) is 4.68. The highest BCUT2D eigenvalue weighted by molar-refractivity contribution is 5.99. The quantitative estimate of drug-likeness (QED) is 0.270. The summed E-state index contributed by atoms with van der Waals surface area (Å²) >= 11 is 0. The molecule has 114 valence electrons. The first-order valence-corrected chi connectivity index (χ1v) is 6.25. The van der Waals surface area contributed by atoms with Crippen LogP contribution in [0, 0.1) is 0 Å². The predicted molar refractivity (Wildman–Crippen MR) is 75.9 cm³/mol. The number of nitrogens with two attached hydrogens (primary N) is 2. The zero-order chi connectivity index (χ0) is 15.8. The van der Waals surface area contributed by atoms with E-state index in [1.807, 2.05) is 0 Å². The van der Waals surface area contributed by atoms with Crippen LogP contribution in [0.3, 0.4) is 0 Å². The van der Waals surface area contributed by atoms with E-state index in [0.29, 0.717) is 17.9 Å². The van der Waals surface area contributed by atoms with E-state index in [0.717, 1.165) is 0 Å². The summed E-state index contributed by atoms with van der Waals surface area (Å²) in [6.07, 6.45) is 0. The average molecular weight is 294 g/mol. The van der Waals surface area contributed by atoms with Crippen molar-refractivity contribution < 1.29 is 19.5 Å². The Hall–Kier alpha value is -2.77. The fourth-order valence-electron chi connectivity index (χ4n) is 1.65. The van der Waals surface area contributed by atoms with Gasteiger partial charge in [0.2, 0.25) is 5.91 Å². The summed E-state index contributed by atoms with van der Waals surface area (Å²) in [7, 11) is 0. The molecule has 0 saturated heterocycles. The first kappa shape index (κ1) is 16.3. The van der Waals surface area contributed by atoms with Crippen molar-refractivity contribution in [3.05, 3.63) is 29.8 Å². The van der Waals surface area contributed by atoms with Crippen LogP contribution in [0.25, 0.3) is 0 Å². The van der Waals surface area contributed by atoms with Crippen molar-refractivity contribution >= 4 is 17.6 Å². The molecule has 0 spiro atoms. The largest absolute Gasteiger partial charge is 0.483 e. The minimum atomic E-state index is -0.595. The van der Waals surface area contributed by atoms with Crippen LogP contribution in [-0.2, 0) is 9.59 Å². The summed E-state index contributed by atoms with van der Waals surface area (Å²) in [5, 5.41) is 11.6. The molecule has 1 aromatic rings. The molecule has 0 radical (unpaired) electrons. The smallest absolute Gasteiger partial charge is 0.260 e. The first-order valence-electron chi connectivity index (χ1n) is 6.25. The third-order valence-electron chi connectivity index (χ3n) is 2.70. The SMILES string of the molecule is CCN(CC(N)=O)C(=O)COc1ccccc1/C(N)=N/O. The summed E-state index contributed by atoms with van der Waals surface area (Å²) < 4.78 is 5.37. The maximum absolute atomic E-state index is 11.9. The Bertz CT molecular complexity index is 545. The Balaban J connectivity index is 2.75. The number of rotatable bonds is 7. The van der Waals surface area contributed by atoms with Crippen LogP contribution in [0.4, 0.5) is 0 Å². The minimum Gasteiger partial charge on any atom is -0.483 e. The Morgan fingerprint density at radius 2 is 2.00 bits per heavy atom. The summed E-state index contributed by atoms with van der Waals surface area (Å²) in [5.74, 6) is -0.799. The molecule has 8 nitrogen and oxygen atoms in total. The van der Waals surface area contributed by atoms with Crippen LogP contribution in [0.15, 0.2) is 29.4 Å². The van der Waals surface area contributed by atoms with Gasteiger partial charge in [0.15, 0.2) is 12.4 Å². The normalized spacial score (nSPS) is 11.0. The van der Waals surface area contributed by atoms with Crippen LogP contribution in [0.2, 0.25) is 0 Å². The maximum Gasteiger partial charge on any atom is 0.260 e. The molecular weight excluding hydrogens is 276 g/mol. The van der Waals surface area contributed by atoms with Crippen molar-refractivity contribution in [2.45, 2.75) is 6.92 Å². The number of nitrogens with zero attached hydrogens (tertiary/aromatic N) is 2. The predicted octanol–water partition coefficient (Wildman–Crippen LogP) is -0.506. The second-order valence-electron chi connectivity index (χ2n) is 4.14. The van der Waals surface area contributed by atoms with Crippen molar-refractivity contribution in [3.63, 3.8) is 0 Å². The number of primary amides is 1. The van der Waals surface area contributed by atoms with E-state index < -0.39 is 5.91 Å². The number of para-hydroxylation sites is 1. The lowest BCUT2D eigenvalue weighted by Gasteiger charge is -2.19. The van der Waals surface area contributed by atoms with Crippen molar-refractivity contribution in [2.75, 3.05) is 19.7 Å². The van der Waals surface area contributed by atoms with Gasteiger partial charge in [0.05, 0.1) is 12.1 Å². The molecule has 0 bridgehead atoms. The number of hydrogen-bond donors (Lipinski definition) is 3. The van der Waals surface area contributed by atoms with Crippen LogP contribution < -0.4 is 16.2 Å². The van der Waals surface area contributed by atoms with Crippen LogP contribution in [0.5, 0.6) is 5.75 Å². The molecule has 2 amide bonds. The molecule has 0 aliphatic rings. The number of carbonyl (C=O) groups excluding carboxylic acids is 2. The zero-order valence-corrected chi connectivity index (χ0v) is 11.7. The van der Waals surface area contributed by atoms with Crippen LogP contribution >= 0.6 is 0 Å². The number of amidine groups is 1. The van der Waals surface area contributed by atoms with Gasteiger partial charge >= 0.3 is 0 Å². The van der Waals surface area contributed by atoms with Gasteiger partial charge in [-0.05, 0) is 19.1 Å². The van der Waals surface area contributed by atoms with Crippen molar-refractivity contribution in [1.82, 2.24) is 4.90 Å².